The molecule has 2 aromatic carbocycles. The first-order valence-corrected chi connectivity index (χ1v) is 15.8. The molecule has 218 valence electrons. The fraction of sp³-hybridized carbons (Fsp3) is 0.529. The summed E-state index contributed by atoms with van der Waals surface area (Å²) in [4.78, 5) is 26.9. The standard InChI is InChI=1S/C34H39Cl2NO4/c1-4-34(41-23(2)38)16-14-31-30-11-7-25-22-27(10-12-28(25)29(30)13-15-33(31,34)3)40-32(39)21-24-5-8-26(9-6-24)37(19-17-35)20-18-36/h1,5-6,8-10,12,22,29-31H,7,11,13-21H2,2-3H3. The Balaban J connectivity index is 1.24. The monoisotopic (exact) mass is 595 g/mol. The van der Waals surface area contributed by atoms with Crippen LogP contribution < -0.4 is 9.64 Å². The minimum atomic E-state index is -0.805. The van der Waals surface area contributed by atoms with Gasteiger partial charge in [-0.05, 0) is 97.2 Å². The van der Waals surface area contributed by atoms with Gasteiger partial charge in [0.05, 0.1) is 6.42 Å². The maximum atomic E-state index is 12.8. The highest BCUT2D eigenvalue weighted by molar-refractivity contribution is 6.18. The highest BCUT2D eigenvalue weighted by atomic mass is 35.5. The van der Waals surface area contributed by atoms with Crippen LogP contribution in [0.5, 0.6) is 5.75 Å². The molecule has 5 unspecified atom stereocenters. The predicted molar refractivity (Wildman–Crippen MR) is 164 cm³/mol. The largest absolute Gasteiger partial charge is 0.445 e. The van der Waals surface area contributed by atoms with Gasteiger partial charge in [-0.25, -0.2) is 0 Å². The van der Waals surface area contributed by atoms with E-state index >= 15 is 0 Å². The molecule has 0 saturated heterocycles. The fourth-order valence-electron chi connectivity index (χ4n) is 8.03. The topological polar surface area (TPSA) is 55.8 Å². The number of fused-ring (bicyclic) bond motifs is 5. The van der Waals surface area contributed by atoms with E-state index in [0.717, 1.165) is 62.9 Å². The molecule has 0 spiro atoms. The van der Waals surface area contributed by atoms with Gasteiger partial charge >= 0.3 is 11.9 Å². The molecule has 7 heteroatoms. The second-order valence-electron chi connectivity index (χ2n) is 12.0. The molecule has 0 N–H and O–H groups in total. The number of terminal acetylenes is 1. The molecule has 41 heavy (non-hydrogen) atoms. The average Bonchev–Trinajstić information content (AvgIpc) is 3.24. The average molecular weight is 597 g/mol. The number of aryl methyl sites for hydroxylation is 1. The Morgan fingerprint density at radius 2 is 1.78 bits per heavy atom. The summed E-state index contributed by atoms with van der Waals surface area (Å²) in [6.07, 6.45) is 11.9. The molecule has 5 atom stereocenters. The summed E-state index contributed by atoms with van der Waals surface area (Å²) in [5, 5.41) is 0. The molecular formula is C34H39Cl2NO4. The van der Waals surface area contributed by atoms with Crippen LogP contribution in [0.1, 0.15) is 68.6 Å². The molecule has 0 aliphatic heterocycles. The lowest BCUT2D eigenvalue weighted by atomic mass is 9.53. The number of carbonyl (C=O) groups excluding carboxylic acids is 2. The second-order valence-corrected chi connectivity index (χ2v) is 12.8. The molecule has 3 aliphatic rings. The third kappa shape index (κ3) is 5.71. The molecule has 5 rings (SSSR count). The Hall–Kier alpha value is -2.68. The maximum absolute atomic E-state index is 12.8. The smallest absolute Gasteiger partial charge is 0.315 e. The van der Waals surface area contributed by atoms with Crippen molar-refractivity contribution in [3.8, 4) is 18.1 Å². The number of benzene rings is 2. The van der Waals surface area contributed by atoms with Gasteiger partial charge in [0.15, 0.2) is 5.60 Å². The van der Waals surface area contributed by atoms with Gasteiger partial charge in [-0.1, -0.05) is 31.0 Å². The van der Waals surface area contributed by atoms with Gasteiger partial charge in [-0.3, -0.25) is 9.59 Å². The van der Waals surface area contributed by atoms with Crippen LogP contribution in [-0.2, 0) is 27.2 Å². The first kappa shape index (κ1) is 29.8. The van der Waals surface area contributed by atoms with Gasteiger partial charge < -0.3 is 14.4 Å². The van der Waals surface area contributed by atoms with Gasteiger partial charge in [0.2, 0.25) is 0 Å². The van der Waals surface area contributed by atoms with E-state index in [1.54, 1.807) is 0 Å². The van der Waals surface area contributed by atoms with Crippen LogP contribution in [0.2, 0.25) is 0 Å². The summed E-state index contributed by atoms with van der Waals surface area (Å²) >= 11 is 11.9. The van der Waals surface area contributed by atoms with E-state index in [9.17, 15) is 9.59 Å². The fourth-order valence-corrected chi connectivity index (χ4v) is 8.44. The number of ether oxygens (including phenoxy) is 2. The first-order valence-electron chi connectivity index (χ1n) is 14.7. The SMILES string of the molecule is C#CC1(OC(C)=O)CCC2C3CCc4cc(OC(=O)Cc5ccc(N(CCCl)CCCl)cc5)ccc4C3CCC21C. The molecule has 0 bridgehead atoms. The van der Waals surface area contributed by atoms with Gasteiger partial charge in [0.1, 0.15) is 5.75 Å². The van der Waals surface area contributed by atoms with Crippen LogP contribution >= 0.6 is 23.2 Å². The molecule has 2 fully saturated rings. The van der Waals surface area contributed by atoms with Crippen LogP contribution in [0.15, 0.2) is 42.5 Å². The van der Waals surface area contributed by atoms with Gasteiger partial charge in [0.25, 0.3) is 0 Å². The minimum absolute atomic E-state index is 0.201. The second kappa shape index (κ2) is 12.3. The van der Waals surface area contributed by atoms with Crippen molar-refractivity contribution >= 4 is 40.8 Å². The molecule has 0 radical (unpaired) electrons. The molecular weight excluding hydrogens is 557 g/mol. The predicted octanol–water partition coefficient (Wildman–Crippen LogP) is 6.91. The van der Waals surface area contributed by atoms with Crippen LogP contribution in [0.4, 0.5) is 5.69 Å². The zero-order chi connectivity index (χ0) is 29.2. The van der Waals surface area contributed by atoms with Crippen molar-refractivity contribution in [2.45, 2.75) is 70.3 Å². The number of rotatable bonds is 9. The maximum Gasteiger partial charge on any atom is 0.315 e. The van der Waals surface area contributed by atoms with Crippen molar-refractivity contribution in [1.82, 2.24) is 0 Å². The Labute approximate surface area is 253 Å². The molecule has 2 aromatic rings. The van der Waals surface area contributed by atoms with Gasteiger partial charge in [-0.2, -0.15) is 0 Å². The lowest BCUT2D eigenvalue weighted by Crippen LogP contribution is -2.52. The summed E-state index contributed by atoms with van der Waals surface area (Å²) in [7, 11) is 0. The Bertz CT molecular complexity index is 1310. The molecule has 0 heterocycles. The minimum Gasteiger partial charge on any atom is -0.445 e. The van der Waals surface area contributed by atoms with E-state index in [4.69, 9.17) is 39.1 Å². The van der Waals surface area contributed by atoms with E-state index in [1.807, 2.05) is 30.3 Å². The first-order chi connectivity index (χ1) is 19.7. The quantitative estimate of drug-likeness (QED) is 0.136. The number of hydrogen-bond acceptors (Lipinski definition) is 5. The number of esters is 2. The number of hydrogen-bond donors (Lipinski definition) is 0. The summed E-state index contributed by atoms with van der Waals surface area (Å²) in [5.74, 6) is 5.37. The highest BCUT2D eigenvalue weighted by Gasteiger charge is 2.63. The summed E-state index contributed by atoms with van der Waals surface area (Å²) < 4.78 is 11.7. The van der Waals surface area contributed by atoms with Crippen LogP contribution in [0, 0.1) is 29.6 Å². The number of alkyl halides is 2. The van der Waals surface area contributed by atoms with Crippen LogP contribution in [0.3, 0.4) is 0 Å². The van der Waals surface area contributed by atoms with Crippen molar-refractivity contribution in [3.63, 3.8) is 0 Å². The Kier molecular flexibility index (Phi) is 8.92. The lowest BCUT2D eigenvalue weighted by molar-refractivity contribution is -0.165. The number of carbonyl (C=O) groups is 2. The van der Waals surface area contributed by atoms with Crippen molar-refractivity contribution in [2.75, 3.05) is 29.7 Å². The highest BCUT2D eigenvalue weighted by Crippen LogP contribution is 2.65. The van der Waals surface area contributed by atoms with Crippen LogP contribution in [0.25, 0.3) is 0 Å². The van der Waals surface area contributed by atoms with Gasteiger partial charge in [0, 0.05) is 42.9 Å². The number of halogens is 2. The molecule has 0 amide bonds. The van der Waals surface area contributed by atoms with Crippen molar-refractivity contribution in [2.24, 2.45) is 17.3 Å². The lowest BCUT2D eigenvalue weighted by Gasteiger charge is -2.52. The third-order valence-corrected chi connectivity index (χ3v) is 10.3. The molecule has 2 saturated carbocycles. The van der Waals surface area contributed by atoms with Crippen LogP contribution in [-0.4, -0.2) is 42.4 Å². The zero-order valence-electron chi connectivity index (χ0n) is 24.0. The van der Waals surface area contributed by atoms with E-state index in [-0.39, 0.29) is 23.8 Å². The Morgan fingerprint density at radius 3 is 2.44 bits per heavy atom. The van der Waals surface area contributed by atoms with E-state index in [0.29, 0.717) is 35.3 Å². The Morgan fingerprint density at radius 1 is 1.05 bits per heavy atom. The number of anilines is 1. The van der Waals surface area contributed by atoms with Crippen molar-refractivity contribution in [1.29, 1.82) is 0 Å². The summed E-state index contributed by atoms with van der Waals surface area (Å²) in [6.45, 7) is 5.13. The van der Waals surface area contributed by atoms with E-state index in [1.165, 1.54) is 18.1 Å². The zero-order valence-corrected chi connectivity index (χ0v) is 25.5. The number of nitrogens with zero attached hydrogens (tertiary/aromatic N) is 1. The summed E-state index contributed by atoms with van der Waals surface area (Å²) in [6, 6.07) is 14.0. The van der Waals surface area contributed by atoms with E-state index in [2.05, 4.69) is 29.9 Å². The van der Waals surface area contributed by atoms with Crippen molar-refractivity contribution < 1.29 is 19.1 Å². The van der Waals surface area contributed by atoms with Crippen molar-refractivity contribution in [3.05, 3.63) is 59.2 Å². The third-order valence-electron chi connectivity index (χ3n) is 9.96. The van der Waals surface area contributed by atoms with Gasteiger partial charge in [-0.15, -0.1) is 29.6 Å². The normalized spacial score (nSPS) is 28.0. The molecule has 0 aromatic heterocycles. The molecule has 3 aliphatic carbocycles. The van der Waals surface area contributed by atoms with E-state index < -0.39 is 5.60 Å². The molecule has 5 nitrogen and oxygen atoms in total. The summed E-state index contributed by atoms with van der Waals surface area (Å²) in [5.41, 5.74) is 3.56.